The number of nitrogens with two attached hydrogens (primary N) is 1. The summed E-state index contributed by atoms with van der Waals surface area (Å²) in [6.07, 6.45) is 1.12. The minimum Gasteiger partial charge on any atom is -0.483 e. The van der Waals surface area contributed by atoms with E-state index in [0.29, 0.717) is 38.2 Å². The fourth-order valence-corrected chi connectivity index (χ4v) is 4.61. The molecular formula is C23H30FN5O4. The van der Waals surface area contributed by atoms with Crippen molar-refractivity contribution in [2.24, 2.45) is 11.3 Å². The molecule has 2 aliphatic rings. The molecule has 2 aliphatic heterocycles. The van der Waals surface area contributed by atoms with E-state index in [-0.39, 0.29) is 36.7 Å². The summed E-state index contributed by atoms with van der Waals surface area (Å²) in [5.41, 5.74) is 7.39. The summed E-state index contributed by atoms with van der Waals surface area (Å²) >= 11 is 0. The topological polar surface area (TPSA) is 133 Å². The maximum Gasteiger partial charge on any atom is 0.290 e. The lowest BCUT2D eigenvalue weighted by Crippen LogP contribution is -2.65. The van der Waals surface area contributed by atoms with E-state index in [4.69, 9.17) is 15.6 Å². The normalized spacial score (nSPS) is 18.8. The monoisotopic (exact) mass is 459 g/mol. The van der Waals surface area contributed by atoms with Crippen molar-refractivity contribution in [1.29, 1.82) is 0 Å². The van der Waals surface area contributed by atoms with Gasteiger partial charge in [-0.25, -0.2) is 9.37 Å². The predicted octanol–water partition coefficient (Wildman–Crippen LogP) is 1.41. The van der Waals surface area contributed by atoms with Crippen LogP contribution in [-0.4, -0.2) is 70.2 Å². The molecule has 0 saturated carbocycles. The Morgan fingerprint density at radius 1 is 1.30 bits per heavy atom. The number of anilines is 2. The Morgan fingerprint density at radius 2 is 1.97 bits per heavy atom. The zero-order valence-corrected chi connectivity index (χ0v) is 18.9. The molecule has 1 unspecified atom stereocenters. The van der Waals surface area contributed by atoms with Crippen molar-refractivity contribution < 1.29 is 24.2 Å². The highest BCUT2D eigenvalue weighted by Crippen LogP contribution is 2.41. The molecule has 0 aliphatic carbocycles. The predicted molar refractivity (Wildman–Crippen MR) is 121 cm³/mol. The summed E-state index contributed by atoms with van der Waals surface area (Å²) in [5, 5.41) is 16.4. The first kappa shape index (κ1) is 24.4. The highest BCUT2D eigenvalue weighted by atomic mass is 19.1. The molecule has 0 spiro atoms. The van der Waals surface area contributed by atoms with Crippen molar-refractivity contribution in [1.82, 2.24) is 14.9 Å². The van der Waals surface area contributed by atoms with Crippen LogP contribution in [0.2, 0.25) is 0 Å². The van der Waals surface area contributed by atoms with Gasteiger partial charge in [-0.2, -0.15) is 4.98 Å². The van der Waals surface area contributed by atoms with E-state index in [9.17, 15) is 14.3 Å². The van der Waals surface area contributed by atoms with Crippen LogP contribution in [-0.2, 0) is 16.0 Å². The number of carbonyl (C=O) groups is 2. The lowest BCUT2D eigenvalue weighted by Gasteiger charge is -2.51. The third kappa shape index (κ3) is 5.05. The van der Waals surface area contributed by atoms with Gasteiger partial charge in [0.15, 0.2) is 0 Å². The molecule has 0 bridgehead atoms. The zero-order valence-electron chi connectivity index (χ0n) is 18.9. The van der Waals surface area contributed by atoms with Crippen LogP contribution in [0.15, 0.2) is 24.3 Å². The summed E-state index contributed by atoms with van der Waals surface area (Å²) in [6.45, 7) is 5.71. The Labute approximate surface area is 192 Å². The molecule has 9 nitrogen and oxygen atoms in total. The van der Waals surface area contributed by atoms with Gasteiger partial charge in [0.1, 0.15) is 11.6 Å². The number of nitrogens with zero attached hydrogens (tertiary/aromatic N) is 4. The Bertz CT molecular complexity index is 1010. The van der Waals surface area contributed by atoms with Gasteiger partial charge >= 0.3 is 0 Å². The van der Waals surface area contributed by atoms with Gasteiger partial charge in [-0.05, 0) is 38.3 Å². The van der Waals surface area contributed by atoms with Gasteiger partial charge in [0.05, 0.1) is 5.41 Å². The number of hydrogen-bond acceptors (Lipinski definition) is 7. The number of aliphatic hydroxyl groups excluding tert-OH is 1. The number of likely N-dealkylation sites (tertiary alicyclic amines) is 1. The molecule has 1 amide bonds. The van der Waals surface area contributed by atoms with E-state index in [1.54, 1.807) is 18.2 Å². The van der Waals surface area contributed by atoms with Crippen LogP contribution in [0.4, 0.5) is 16.2 Å². The van der Waals surface area contributed by atoms with Gasteiger partial charge in [0.25, 0.3) is 6.47 Å². The van der Waals surface area contributed by atoms with Gasteiger partial charge < -0.3 is 25.7 Å². The molecule has 33 heavy (non-hydrogen) atoms. The number of hydrogen-bond donors (Lipinski definition) is 3. The number of amides is 1. The van der Waals surface area contributed by atoms with Crippen molar-refractivity contribution in [3.8, 4) is 0 Å². The van der Waals surface area contributed by atoms with Crippen LogP contribution in [0.1, 0.15) is 23.2 Å². The summed E-state index contributed by atoms with van der Waals surface area (Å²) in [4.78, 5) is 34.4. The molecule has 2 aromatic rings. The quantitative estimate of drug-likeness (QED) is 0.572. The molecule has 1 aromatic heterocycles. The first-order valence-corrected chi connectivity index (χ1v) is 10.8. The molecule has 10 heteroatoms. The number of carboxylic acid groups (broad SMARTS) is 1. The lowest BCUT2D eigenvalue weighted by molar-refractivity contribution is -0.143. The molecule has 178 valence electrons. The highest BCUT2D eigenvalue weighted by Gasteiger charge is 2.52. The molecule has 3 heterocycles. The smallest absolute Gasteiger partial charge is 0.290 e. The Morgan fingerprint density at radius 3 is 2.58 bits per heavy atom. The van der Waals surface area contributed by atoms with Crippen LogP contribution in [0.3, 0.4) is 0 Å². The highest BCUT2D eigenvalue weighted by molar-refractivity contribution is 5.87. The SMILES string of the molecule is Cc1nc(N)nc(N2CC(Cc3ccccc3F)(C(=O)N3CCC(CO)C3)C2)c1C.O=CO. The van der Waals surface area contributed by atoms with E-state index >= 15 is 0 Å². The van der Waals surface area contributed by atoms with E-state index in [2.05, 4.69) is 9.97 Å². The Balaban J connectivity index is 0.000000968. The van der Waals surface area contributed by atoms with Crippen molar-refractivity contribution >= 4 is 24.1 Å². The van der Waals surface area contributed by atoms with E-state index in [1.165, 1.54) is 6.07 Å². The number of aromatic nitrogens is 2. The maximum absolute atomic E-state index is 14.4. The van der Waals surface area contributed by atoms with Gasteiger partial charge in [0.2, 0.25) is 11.9 Å². The van der Waals surface area contributed by atoms with Gasteiger partial charge in [-0.3, -0.25) is 9.59 Å². The molecule has 4 N–H and O–H groups in total. The van der Waals surface area contributed by atoms with E-state index < -0.39 is 5.41 Å². The second-order valence-electron chi connectivity index (χ2n) is 8.71. The van der Waals surface area contributed by atoms with Gasteiger partial charge in [-0.1, -0.05) is 18.2 Å². The largest absolute Gasteiger partial charge is 0.483 e. The standard InChI is InChI=1S/C22H28FN5O2.CH2O2/c1-14-15(2)25-21(24)26-19(14)28-12-22(13-28,9-17-5-3-4-6-18(17)23)20(30)27-8-7-16(10-27)11-29;2-1-3/h3-6,16,29H,7-13H2,1-2H3,(H2,24,25,26);1H,(H,2,3). The average molecular weight is 460 g/mol. The molecule has 1 atom stereocenters. The average Bonchev–Trinajstić information content (AvgIpc) is 3.24. The minimum absolute atomic E-state index is 0.0226. The number of nitrogen functional groups attached to an aromatic ring is 1. The summed E-state index contributed by atoms with van der Waals surface area (Å²) in [7, 11) is 0. The number of aryl methyl sites for hydroxylation is 1. The first-order chi connectivity index (χ1) is 15.7. The Kier molecular flexibility index (Phi) is 7.47. The number of aliphatic hydroxyl groups is 1. The van der Waals surface area contributed by atoms with Crippen LogP contribution in [0.5, 0.6) is 0 Å². The van der Waals surface area contributed by atoms with Crippen molar-refractivity contribution in [3.05, 3.63) is 46.9 Å². The second kappa shape index (κ2) is 10.1. The van der Waals surface area contributed by atoms with E-state index in [1.807, 2.05) is 23.6 Å². The summed E-state index contributed by atoms with van der Waals surface area (Å²) in [5.74, 6) is 0.774. The van der Waals surface area contributed by atoms with Crippen molar-refractivity contribution in [2.75, 3.05) is 43.4 Å². The molecule has 2 fully saturated rings. The molecule has 2 saturated heterocycles. The van der Waals surface area contributed by atoms with Crippen molar-refractivity contribution in [2.45, 2.75) is 26.7 Å². The van der Waals surface area contributed by atoms with Gasteiger partial charge in [0, 0.05) is 50.0 Å². The maximum atomic E-state index is 14.4. The third-order valence-electron chi connectivity index (χ3n) is 6.44. The van der Waals surface area contributed by atoms with Crippen LogP contribution < -0.4 is 10.6 Å². The third-order valence-corrected chi connectivity index (χ3v) is 6.44. The van der Waals surface area contributed by atoms with Crippen LogP contribution in [0, 0.1) is 31.0 Å². The molecule has 1 aromatic carbocycles. The van der Waals surface area contributed by atoms with Gasteiger partial charge in [-0.15, -0.1) is 0 Å². The zero-order chi connectivity index (χ0) is 24.2. The summed E-state index contributed by atoms with van der Waals surface area (Å²) < 4.78 is 14.4. The lowest BCUT2D eigenvalue weighted by atomic mass is 9.73. The number of rotatable bonds is 5. The minimum atomic E-state index is -0.730. The number of halogens is 1. The molecular weight excluding hydrogens is 429 g/mol. The second-order valence-corrected chi connectivity index (χ2v) is 8.71. The summed E-state index contributed by atoms with van der Waals surface area (Å²) in [6, 6.07) is 6.62. The Hall–Kier alpha value is -3.27. The molecule has 4 rings (SSSR count). The van der Waals surface area contributed by atoms with Crippen molar-refractivity contribution in [3.63, 3.8) is 0 Å². The fourth-order valence-electron chi connectivity index (χ4n) is 4.61. The number of carbonyl (C=O) groups excluding carboxylic acids is 1. The van der Waals surface area contributed by atoms with E-state index in [0.717, 1.165) is 23.5 Å². The first-order valence-electron chi connectivity index (χ1n) is 10.8. The van der Waals surface area contributed by atoms with Crippen LogP contribution >= 0.6 is 0 Å². The molecule has 0 radical (unpaired) electrons. The number of benzene rings is 1. The van der Waals surface area contributed by atoms with Crippen LogP contribution in [0.25, 0.3) is 0 Å². The fraction of sp³-hybridized carbons (Fsp3) is 0.478.